The minimum Gasteiger partial charge on any atom is -0.308 e. The minimum atomic E-state index is -0.165. The third-order valence-corrected chi connectivity index (χ3v) is 12.8. The lowest BCUT2D eigenvalue weighted by atomic mass is 9.80. The maximum Gasteiger partial charge on any atom is 0.0991 e. The largest absolute Gasteiger partial charge is 0.308 e. The van der Waals surface area contributed by atoms with Crippen molar-refractivity contribution in [3.63, 3.8) is 0 Å². The average molecular weight is 720 g/mol. The van der Waals surface area contributed by atoms with Crippen molar-refractivity contribution in [1.82, 2.24) is 4.98 Å². The number of para-hydroxylation sites is 1. The van der Waals surface area contributed by atoms with Crippen LogP contribution in [0.5, 0.6) is 0 Å². The molecule has 1 aliphatic rings. The van der Waals surface area contributed by atoms with Crippen molar-refractivity contribution in [1.29, 1.82) is 5.26 Å². The lowest BCUT2D eigenvalue weighted by Gasteiger charge is -2.26. The van der Waals surface area contributed by atoms with Gasteiger partial charge in [0.2, 0.25) is 0 Å². The lowest BCUT2D eigenvalue weighted by Crippen LogP contribution is -2.15. The predicted octanol–water partition coefficient (Wildman–Crippen LogP) is 14.2. The van der Waals surface area contributed by atoms with Gasteiger partial charge >= 0.3 is 0 Å². The normalized spacial score (nSPS) is 13.0. The second-order valence-corrected chi connectivity index (χ2v) is 16.2. The van der Waals surface area contributed by atoms with Crippen LogP contribution in [0.2, 0.25) is 0 Å². The molecule has 0 N–H and O–H groups in total. The van der Waals surface area contributed by atoms with E-state index in [2.05, 4.69) is 152 Å². The van der Waals surface area contributed by atoms with Gasteiger partial charge in [0.1, 0.15) is 0 Å². The second-order valence-electron chi connectivity index (χ2n) is 15.1. The van der Waals surface area contributed by atoms with Crippen molar-refractivity contribution < 1.29 is 0 Å². The fourth-order valence-corrected chi connectivity index (χ4v) is 10.0. The third-order valence-electron chi connectivity index (χ3n) is 11.7. The minimum absolute atomic E-state index is 0.165. The summed E-state index contributed by atoms with van der Waals surface area (Å²) < 4.78 is 2.67. The van der Waals surface area contributed by atoms with Crippen molar-refractivity contribution in [2.24, 2.45) is 0 Å². The van der Waals surface area contributed by atoms with Gasteiger partial charge in [0, 0.05) is 48.5 Å². The lowest BCUT2D eigenvalue weighted by molar-refractivity contribution is 0.663. The second kappa shape index (κ2) is 11.9. The SMILES string of the molecule is CC1(C)c2cc(-c3ccc(N(c4ccc(C#N)cc4)c4cccc5cccnc45)cc3)cc3ccc4cc(-c5ccc6c(c5)sc5ccccc56)cc1c4c23. The first kappa shape index (κ1) is 31.7. The standard InChI is InChI=1S/C51H33N3S/c1-51(2)43-27-37(32-16-21-40(22-17-32)54(39-19-12-31(30-52)13-20-39)45-10-5-7-33-8-6-24-53-50(33)45)25-35-14-15-36-26-38(28-44(51)49(36)48(35)43)34-18-23-42-41-9-3-4-11-46(41)55-47(42)29-34/h3-29H,1-2H3. The molecule has 8 aromatic carbocycles. The quantitative estimate of drug-likeness (QED) is 0.166. The number of rotatable bonds is 5. The number of anilines is 3. The summed E-state index contributed by atoms with van der Waals surface area (Å²) in [5.74, 6) is 0. The zero-order chi connectivity index (χ0) is 36.8. The van der Waals surface area contributed by atoms with Crippen LogP contribution >= 0.6 is 11.3 Å². The molecule has 0 fully saturated rings. The molecule has 0 aliphatic heterocycles. The number of pyridine rings is 1. The van der Waals surface area contributed by atoms with Gasteiger partial charge < -0.3 is 4.90 Å². The molecule has 0 spiro atoms. The summed E-state index contributed by atoms with van der Waals surface area (Å²) in [7, 11) is 0. The molecule has 55 heavy (non-hydrogen) atoms. The van der Waals surface area contributed by atoms with E-state index in [-0.39, 0.29) is 5.41 Å². The highest BCUT2D eigenvalue weighted by molar-refractivity contribution is 7.25. The van der Waals surface area contributed by atoms with Crippen LogP contribution in [-0.4, -0.2) is 4.98 Å². The fraction of sp³-hybridized carbons (Fsp3) is 0.0588. The molecule has 11 rings (SSSR count). The number of hydrogen-bond donors (Lipinski definition) is 0. The average Bonchev–Trinajstić information content (AvgIpc) is 3.72. The molecule has 10 aromatic rings. The van der Waals surface area contributed by atoms with Gasteiger partial charge in [0.25, 0.3) is 0 Å². The van der Waals surface area contributed by atoms with Crippen LogP contribution in [0, 0.1) is 11.3 Å². The van der Waals surface area contributed by atoms with E-state index in [4.69, 9.17) is 4.98 Å². The van der Waals surface area contributed by atoms with Crippen LogP contribution in [0.15, 0.2) is 164 Å². The highest BCUT2D eigenvalue weighted by Crippen LogP contribution is 2.51. The van der Waals surface area contributed by atoms with E-state index < -0.39 is 0 Å². The van der Waals surface area contributed by atoms with Gasteiger partial charge in [-0.15, -0.1) is 11.3 Å². The van der Waals surface area contributed by atoms with E-state index >= 15 is 0 Å². The van der Waals surface area contributed by atoms with E-state index in [1.54, 1.807) is 0 Å². The molecule has 1 aliphatic carbocycles. The first-order valence-corrected chi connectivity index (χ1v) is 19.5. The van der Waals surface area contributed by atoms with E-state index in [0.29, 0.717) is 5.56 Å². The molecule has 0 radical (unpaired) electrons. The molecular weight excluding hydrogens is 687 g/mol. The number of hydrogen-bond acceptors (Lipinski definition) is 4. The first-order valence-electron chi connectivity index (χ1n) is 18.7. The van der Waals surface area contributed by atoms with Crippen LogP contribution in [0.3, 0.4) is 0 Å². The van der Waals surface area contributed by atoms with Crippen molar-refractivity contribution >= 4 is 81.0 Å². The van der Waals surface area contributed by atoms with E-state index in [1.165, 1.54) is 75.1 Å². The van der Waals surface area contributed by atoms with Gasteiger partial charge in [0.15, 0.2) is 0 Å². The molecule has 2 heterocycles. The third kappa shape index (κ3) is 4.84. The molecule has 0 saturated heterocycles. The van der Waals surface area contributed by atoms with Crippen LogP contribution in [-0.2, 0) is 5.41 Å². The molecule has 0 bridgehead atoms. The Balaban J connectivity index is 0.993. The Morgan fingerprint density at radius 2 is 1.18 bits per heavy atom. The summed E-state index contributed by atoms with van der Waals surface area (Å²) in [6.45, 7) is 4.77. The number of thiophene rings is 1. The molecule has 0 unspecified atom stereocenters. The summed E-state index contributed by atoms with van der Waals surface area (Å²) in [6.07, 6.45) is 1.84. The highest BCUT2D eigenvalue weighted by Gasteiger charge is 2.35. The summed E-state index contributed by atoms with van der Waals surface area (Å²) in [4.78, 5) is 7.01. The maximum atomic E-state index is 9.50. The zero-order valence-electron chi connectivity index (χ0n) is 30.3. The number of aromatic nitrogens is 1. The Bertz CT molecular complexity index is 3230. The van der Waals surface area contributed by atoms with Gasteiger partial charge in [-0.25, -0.2) is 0 Å². The van der Waals surface area contributed by atoms with Crippen LogP contribution in [0.4, 0.5) is 17.1 Å². The van der Waals surface area contributed by atoms with Crippen molar-refractivity contribution in [2.75, 3.05) is 4.90 Å². The van der Waals surface area contributed by atoms with Crippen LogP contribution < -0.4 is 4.90 Å². The van der Waals surface area contributed by atoms with Gasteiger partial charge in [-0.05, 0) is 140 Å². The number of nitriles is 1. The Morgan fingerprint density at radius 3 is 1.91 bits per heavy atom. The predicted molar refractivity (Wildman–Crippen MR) is 232 cm³/mol. The number of nitrogens with zero attached hydrogens (tertiary/aromatic N) is 3. The van der Waals surface area contributed by atoms with E-state index in [9.17, 15) is 5.26 Å². The fourth-order valence-electron chi connectivity index (χ4n) is 8.88. The zero-order valence-corrected chi connectivity index (χ0v) is 31.2. The molecule has 0 atom stereocenters. The maximum absolute atomic E-state index is 9.50. The Hall–Kier alpha value is -6.80. The Kier molecular flexibility index (Phi) is 6.83. The summed E-state index contributed by atoms with van der Waals surface area (Å²) in [5, 5.41) is 18.6. The molecule has 0 saturated carbocycles. The highest BCUT2D eigenvalue weighted by atomic mass is 32.1. The van der Waals surface area contributed by atoms with Crippen molar-refractivity contribution in [3.8, 4) is 28.3 Å². The number of benzene rings is 8. The summed E-state index contributed by atoms with van der Waals surface area (Å²) >= 11 is 1.88. The topological polar surface area (TPSA) is 39.9 Å². The Labute approximate surface area is 323 Å². The van der Waals surface area contributed by atoms with Gasteiger partial charge in [-0.1, -0.05) is 86.6 Å². The Morgan fingerprint density at radius 1 is 0.545 bits per heavy atom. The van der Waals surface area contributed by atoms with Crippen molar-refractivity contribution in [3.05, 3.63) is 181 Å². The van der Waals surface area contributed by atoms with Gasteiger partial charge in [0.05, 0.1) is 22.8 Å². The summed E-state index contributed by atoms with van der Waals surface area (Å²) in [6, 6.07) is 59.1. The van der Waals surface area contributed by atoms with E-state index in [0.717, 1.165) is 28.0 Å². The molecule has 3 nitrogen and oxygen atoms in total. The van der Waals surface area contributed by atoms with Crippen LogP contribution in [0.1, 0.15) is 30.5 Å². The van der Waals surface area contributed by atoms with Crippen LogP contribution in [0.25, 0.3) is 74.9 Å². The summed E-state index contributed by atoms with van der Waals surface area (Å²) in [5.41, 5.74) is 12.0. The molecular formula is C51H33N3S. The molecule has 2 aromatic heterocycles. The van der Waals surface area contributed by atoms with E-state index in [1.807, 2.05) is 47.9 Å². The molecule has 0 amide bonds. The van der Waals surface area contributed by atoms with Gasteiger partial charge in [-0.2, -0.15) is 5.26 Å². The van der Waals surface area contributed by atoms with Crippen molar-refractivity contribution in [2.45, 2.75) is 19.3 Å². The van der Waals surface area contributed by atoms with Gasteiger partial charge in [-0.3, -0.25) is 4.98 Å². The first-order chi connectivity index (χ1) is 26.9. The smallest absolute Gasteiger partial charge is 0.0991 e. The molecule has 4 heteroatoms. The molecule has 258 valence electrons. The number of fused-ring (bicyclic) bond motifs is 4. The monoisotopic (exact) mass is 719 g/mol.